The highest BCUT2D eigenvalue weighted by Gasteiger charge is 2.21. The predicted molar refractivity (Wildman–Crippen MR) is 91.8 cm³/mol. The van der Waals surface area contributed by atoms with Crippen molar-refractivity contribution in [2.75, 3.05) is 7.11 Å². The minimum Gasteiger partial charge on any atom is -0.496 e. The number of aliphatic imine (C=N–C) groups is 1. The molecule has 2 aromatic carbocycles. The number of carbonyl (C=O) groups is 1. The summed E-state index contributed by atoms with van der Waals surface area (Å²) in [7, 11) is 1.57. The number of methoxy groups -OCH3 is 1. The van der Waals surface area contributed by atoms with Crippen LogP contribution in [-0.2, 0) is 4.79 Å². The first kappa shape index (κ1) is 15.3. The Morgan fingerprint density at radius 3 is 2.61 bits per heavy atom. The van der Waals surface area contributed by atoms with Gasteiger partial charge in [-0.15, -0.1) is 0 Å². The van der Waals surface area contributed by atoms with Gasteiger partial charge in [0.2, 0.25) is 0 Å². The predicted octanol–water partition coefficient (Wildman–Crippen LogP) is 3.57. The zero-order valence-electron chi connectivity index (χ0n) is 12.8. The molecule has 0 aromatic heterocycles. The molecule has 1 N–H and O–H groups in total. The van der Waals surface area contributed by atoms with Gasteiger partial charge < -0.3 is 10.1 Å². The molecule has 5 heteroatoms. The molecule has 0 saturated heterocycles. The first-order valence-electron chi connectivity index (χ1n) is 7.09. The van der Waals surface area contributed by atoms with E-state index in [4.69, 9.17) is 16.3 Å². The molecule has 1 amide bonds. The smallest absolute Gasteiger partial charge is 0.275 e. The number of hydrogen-bond donors (Lipinski definition) is 1. The number of nitrogens with one attached hydrogen (secondary N) is 1. The molecule has 0 fully saturated rings. The van der Waals surface area contributed by atoms with Gasteiger partial charge in [-0.1, -0.05) is 41.4 Å². The van der Waals surface area contributed by atoms with Crippen molar-refractivity contribution in [2.45, 2.75) is 6.92 Å². The van der Waals surface area contributed by atoms with E-state index in [2.05, 4.69) is 10.3 Å². The molecule has 4 nitrogen and oxygen atoms in total. The van der Waals surface area contributed by atoms with E-state index in [0.717, 1.165) is 11.1 Å². The number of hydrogen-bond acceptors (Lipinski definition) is 3. The third kappa shape index (κ3) is 3.27. The van der Waals surface area contributed by atoms with Gasteiger partial charge in [0.25, 0.3) is 5.91 Å². The second-order valence-electron chi connectivity index (χ2n) is 5.20. The van der Waals surface area contributed by atoms with Crippen LogP contribution in [0.3, 0.4) is 0 Å². The van der Waals surface area contributed by atoms with Crippen LogP contribution in [0.25, 0.3) is 6.08 Å². The Balaban J connectivity index is 1.98. The van der Waals surface area contributed by atoms with E-state index in [9.17, 15) is 4.79 Å². The molecule has 0 unspecified atom stereocenters. The Kier molecular flexibility index (Phi) is 4.17. The number of carbonyl (C=O) groups excluding carboxylic acids is 1. The number of rotatable bonds is 3. The summed E-state index contributed by atoms with van der Waals surface area (Å²) in [5, 5.41) is 3.35. The second-order valence-corrected chi connectivity index (χ2v) is 5.63. The lowest BCUT2D eigenvalue weighted by Crippen LogP contribution is -2.24. The highest BCUT2D eigenvalue weighted by molar-refractivity contribution is 6.30. The molecule has 0 bridgehead atoms. The van der Waals surface area contributed by atoms with Crippen LogP contribution in [0.2, 0.25) is 5.02 Å². The summed E-state index contributed by atoms with van der Waals surface area (Å²) in [6.07, 6.45) is 1.67. The Morgan fingerprint density at radius 2 is 1.91 bits per heavy atom. The fraction of sp³-hybridized carbons (Fsp3) is 0.111. The lowest BCUT2D eigenvalue weighted by Gasteiger charge is -2.05. The quantitative estimate of drug-likeness (QED) is 0.877. The van der Waals surface area contributed by atoms with Gasteiger partial charge in [0.15, 0.2) is 0 Å². The topological polar surface area (TPSA) is 50.7 Å². The van der Waals surface area contributed by atoms with E-state index in [1.807, 2.05) is 31.2 Å². The number of aryl methyl sites for hydroxylation is 1. The standard InChI is InChI=1S/C18H15ClN2O2/c1-11-3-5-12(6-4-11)17-20-15(18(22)21-17)10-13-9-14(19)7-8-16(13)23-2/h3-10H,1-2H3,(H,20,21,22)/b15-10+. The van der Waals surface area contributed by atoms with Gasteiger partial charge in [0.05, 0.1) is 7.11 Å². The van der Waals surface area contributed by atoms with Gasteiger partial charge in [0, 0.05) is 16.1 Å². The van der Waals surface area contributed by atoms with Crippen molar-refractivity contribution in [3.63, 3.8) is 0 Å². The molecular weight excluding hydrogens is 312 g/mol. The molecule has 0 aliphatic carbocycles. The third-order valence-electron chi connectivity index (χ3n) is 3.51. The van der Waals surface area contributed by atoms with E-state index in [1.165, 1.54) is 0 Å². The van der Waals surface area contributed by atoms with E-state index in [0.29, 0.717) is 27.9 Å². The molecule has 0 spiro atoms. The molecule has 23 heavy (non-hydrogen) atoms. The molecule has 1 aliphatic rings. The largest absolute Gasteiger partial charge is 0.496 e. The summed E-state index contributed by atoms with van der Waals surface area (Å²) in [4.78, 5) is 16.5. The number of halogens is 1. The average molecular weight is 327 g/mol. The molecule has 1 heterocycles. The molecule has 0 saturated carbocycles. The van der Waals surface area contributed by atoms with Crippen molar-refractivity contribution in [1.29, 1.82) is 0 Å². The van der Waals surface area contributed by atoms with Crippen LogP contribution in [-0.4, -0.2) is 18.9 Å². The minimum atomic E-state index is -0.248. The maximum Gasteiger partial charge on any atom is 0.275 e. The zero-order chi connectivity index (χ0) is 16.4. The normalized spacial score (nSPS) is 15.5. The van der Waals surface area contributed by atoms with E-state index in [1.54, 1.807) is 31.4 Å². The highest BCUT2D eigenvalue weighted by atomic mass is 35.5. The maximum atomic E-state index is 12.1. The summed E-state index contributed by atoms with van der Waals surface area (Å²) < 4.78 is 5.29. The molecule has 2 aromatic rings. The summed E-state index contributed by atoms with van der Waals surface area (Å²) in [6, 6.07) is 13.0. The van der Waals surface area contributed by atoms with Crippen LogP contribution in [0.4, 0.5) is 0 Å². The second kappa shape index (κ2) is 6.26. The van der Waals surface area contributed by atoms with Gasteiger partial charge in [-0.2, -0.15) is 0 Å². The summed E-state index contributed by atoms with van der Waals surface area (Å²) >= 11 is 6.01. The Hall–Kier alpha value is -2.59. The molecule has 116 valence electrons. The molecule has 0 atom stereocenters. The molecule has 3 rings (SSSR count). The van der Waals surface area contributed by atoms with Crippen molar-refractivity contribution in [3.8, 4) is 5.75 Å². The Labute approximate surface area is 139 Å². The number of amides is 1. The summed E-state index contributed by atoms with van der Waals surface area (Å²) in [5.41, 5.74) is 3.05. The minimum absolute atomic E-state index is 0.248. The molecular formula is C18H15ClN2O2. The number of nitrogens with zero attached hydrogens (tertiary/aromatic N) is 1. The number of ether oxygens (including phenoxy) is 1. The van der Waals surface area contributed by atoms with E-state index >= 15 is 0 Å². The van der Waals surface area contributed by atoms with Crippen LogP contribution in [0.15, 0.2) is 53.2 Å². The van der Waals surface area contributed by atoms with Crippen molar-refractivity contribution in [1.82, 2.24) is 5.32 Å². The Morgan fingerprint density at radius 1 is 1.17 bits per heavy atom. The monoisotopic (exact) mass is 326 g/mol. The fourth-order valence-corrected chi connectivity index (χ4v) is 2.46. The lowest BCUT2D eigenvalue weighted by atomic mass is 10.1. The van der Waals surface area contributed by atoms with Crippen molar-refractivity contribution in [2.24, 2.45) is 4.99 Å². The van der Waals surface area contributed by atoms with Crippen LogP contribution < -0.4 is 10.1 Å². The van der Waals surface area contributed by atoms with E-state index < -0.39 is 0 Å². The zero-order valence-corrected chi connectivity index (χ0v) is 13.5. The number of amidine groups is 1. The van der Waals surface area contributed by atoms with Crippen LogP contribution in [0.1, 0.15) is 16.7 Å². The van der Waals surface area contributed by atoms with E-state index in [-0.39, 0.29) is 5.91 Å². The average Bonchev–Trinajstić information content (AvgIpc) is 2.89. The van der Waals surface area contributed by atoms with Crippen LogP contribution >= 0.6 is 11.6 Å². The first-order valence-corrected chi connectivity index (χ1v) is 7.47. The van der Waals surface area contributed by atoms with Gasteiger partial charge in [0.1, 0.15) is 17.3 Å². The fourth-order valence-electron chi connectivity index (χ4n) is 2.28. The van der Waals surface area contributed by atoms with Crippen LogP contribution in [0.5, 0.6) is 5.75 Å². The van der Waals surface area contributed by atoms with Crippen molar-refractivity contribution < 1.29 is 9.53 Å². The SMILES string of the molecule is COc1ccc(Cl)cc1/C=C1/N=C(c2ccc(C)cc2)NC1=O. The van der Waals surface area contributed by atoms with Gasteiger partial charge >= 0.3 is 0 Å². The lowest BCUT2D eigenvalue weighted by molar-refractivity contribution is -0.115. The van der Waals surface area contributed by atoms with Gasteiger partial charge in [-0.05, 0) is 31.2 Å². The van der Waals surface area contributed by atoms with Gasteiger partial charge in [-0.3, -0.25) is 4.79 Å². The maximum absolute atomic E-state index is 12.1. The first-order chi connectivity index (χ1) is 11.1. The van der Waals surface area contributed by atoms with Crippen molar-refractivity contribution >= 4 is 29.4 Å². The molecule has 0 radical (unpaired) electrons. The number of benzene rings is 2. The summed E-state index contributed by atoms with van der Waals surface area (Å²) in [5.74, 6) is 0.929. The van der Waals surface area contributed by atoms with Gasteiger partial charge in [-0.25, -0.2) is 4.99 Å². The van der Waals surface area contributed by atoms with Crippen molar-refractivity contribution in [3.05, 3.63) is 69.9 Å². The van der Waals surface area contributed by atoms with Crippen LogP contribution in [0, 0.1) is 6.92 Å². The molecule has 1 aliphatic heterocycles. The summed E-state index contributed by atoms with van der Waals surface area (Å²) in [6.45, 7) is 2.01. The highest BCUT2D eigenvalue weighted by Crippen LogP contribution is 2.26. The Bertz CT molecular complexity index is 823. The third-order valence-corrected chi connectivity index (χ3v) is 3.74.